The highest BCUT2D eigenvalue weighted by molar-refractivity contribution is 9.10. The van der Waals surface area contributed by atoms with Gasteiger partial charge in [-0.3, -0.25) is 4.79 Å². The summed E-state index contributed by atoms with van der Waals surface area (Å²) in [6.45, 7) is 2.03. The zero-order valence-corrected chi connectivity index (χ0v) is 21.6. The SMILES string of the molecule is COc1ccc(-c2cc(-c3ccc(C)cc3)nc(SCC(=O)Nc3ccc(Br)cc3)c2C#N)cc1. The van der Waals surface area contributed by atoms with Crippen LogP contribution in [0.1, 0.15) is 11.1 Å². The number of halogens is 1. The second-order valence-electron chi connectivity index (χ2n) is 7.79. The quantitative estimate of drug-likeness (QED) is 0.251. The molecule has 1 heterocycles. The van der Waals surface area contributed by atoms with Crippen molar-refractivity contribution < 1.29 is 9.53 Å². The topological polar surface area (TPSA) is 75.0 Å². The minimum Gasteiger partial charge on any atom is -0.497 e. The molecule has 0 unspecified atom stereocenters. The molecule has 1 N–H and O–H groups in total. The molecule has 0 atom stereocenters. The van der Waals surface area contributed by atoms with E-state index in [2.05, 4.69) is 27.3 Å². The highest BCUT2D eigenvalue weighted by Crippen LogP contribution is 2.35. The Balaban J connectivity index is 1.69. The van der Waals surface area contributed by atoms with E-state index in [1.165, 1.54) is 11.8 Å². The normalized spacial score (nSPS) is 10.5. The molecule has 0 aliphatic heterocycles. The van der Waals surface area contributed by atoms with Crippen LogP contribution in [0.4, 0.5) is 5.69 Å². The predicted octanol–water partition coefficient (Wildman–Crippen LogP) is 7.10. The lowest BCUT2D eigenvalue weighted by molar-refractivity contribution is -0.113. The molecule has 0 bridgehead atoms. The van der Waals surface area contributed by atoms with Crippen molar-refractivity contribution in [3.05, 3.63) is 94.5 Å². The van der Waals surface area contributed by atoms with Crippen LogP contribution in [0.25, 0.3) is 22.4 Å². The van der Waals surface area contributed by atoms with Gasteiger partial charge in [0.15, 0.2) is 0 Å². The Morgan fingerprint density at radius 3 is 2.31 bits per heavy atom. The maximum absolute atomic E-state index is 12.6. The molecule has 4 aromatic rings. The van der Waals surface area contributed by atoms with Crippen LogP contribution in [0.15, 0.2) is 88.4 Å². The number of carbonyl (C=O) groups excluding carboxylic acids is 1. The number of benzene rings is 3. The van der Waals surface area contributed by atoms with E-state index in [9.17, 15) is 10.1 Å². The fourth-order valence-electron chi connectivity index (χ4n) is 3.47. The smallest absolute Gasteiger partial charge is 0.234 e. The van der Waals surface area contributed by atoms with Gasteiger partial charge in [0.05, 0.1) is 24.1 Å². The third kappa shape index (κ3) is 6.10. The van der Waals surface area contributed by atoms with Crippen LogP contribution < -0.4 is 10.1 Å². The van der Waals surface area contributed by atoms with E-state index in [0.29, 0.717) is 16.3 Å². The number of carbonyl (C=O) groups is 1. The summed E-state index contributed by atoms with van der Waals surface area (Å²) in [6, 6.07) is 27.3. The number of nitrogens with zero attached hydrogens (tertiary/aromatic N) is 2. The van der Waals surface area contributed by atoms with E-state index in [1.54, 1.807) is 7.11 Å². The van der Waals surface area contributed by atoms with E-state index >= 15 is 0 Å². The highest BCUT2D eigenvalue weighted by atomic mass is 79.9. The number of hydrogen-bond donors (Lipinski definition) is 1. The van der Waals surface area contributed by atoms with Gasteiger partial charge in [0.1, 0.15) is 16.8 Å². The van der Waals surface area contributed by atoms with Crippen LogP contribution in [0.2, 0.25) is 0 Å². The summed E-state index contributed by atoms with van der Waals surface area (Å²) in [4.78, 5) is 17.4. The van der Waals surface area contributed by atoms with Crippen LogP contribution in [0.3, 0.4) is 0 Å². The van der Waals surface area contributed by atoms with Gasteiger partial charge >= 0.3 is 0 Å². The highest BCUT2D eigenvalue weighted by Gasteiger charge is 2.17. The summed E-state index contributed by atoms with van der Waals surface area (Å²) in [5, 5.41) is 13.5. The number of methoxy groups -OCH3 is 1. The molecular formula is C28H22BrN3O2S. The number of thioether (sulfide) groups is 1. The zero-order valence-electron chi connectivity index (χ0n) is 19.2. The van der Waals surface area contributed by atoms with E-state index in [-0.39, 0.29) is 11.7 Å². The van der Waals surface area contributed by atoms with Gasteiger partial charge in [-0.15, -0.1) is 0 Å². The molecular weight excluding hydrogens is 522 g/mol. The minimum atomic E-state index is -0.172. The van der Waals surface area contributed by atoms with Gasteiger partial charge in [0, 0.05) is 21.3 Å². The van der Waals surface area contributed by atoms with E-state index in [1.807, 2.05) is 85.8 Å². The first-order chi connectivity index (χ1) is 17.0. The molecule has 0 spiro atoms. The van der Waals surface area contributed by atoms with Gasteiger partial charge in [-0.2, -0.15) is 5.26 Å². The van der Waals surface area contributed by atoms with Crippen molar-refractivity contribution in [1.82, 2.24) is 4.98 Å². The number of pyridine rings is 1. The van der Waals surface area contributed by atoms with Crippen LogP contribution in [0, 0.1) is 18.3 Å². The average Bonchev–Trinajstić information content (AvgIpc) is 2.88. The lowest BCUT2D eigenvalue weighted by Crippen LogP contribution is -2.14. The second-order valence-corrected chi connectivity index (χ2v) is 9.67. The van der Waals surface area contributed by atoms with Gasteiger partial charge in [0.25, 0.3) is 0 Å². The van der Waals surface area contributed by atoms with Crippen molar-refractivity contribution >= 4 is 39.3 Å². The monoisotopic (exact) mass is 543 g/mol. The lowest BCUT2D eigenvalue weighted by Gasteiger charge is -2.13. The number of aryl methyl sites for hydroxylation is 1. The molecule has 7 heteroatoms. The number of rotatable bonds is 7. The Morgan fingerprint density at radius 2 is 1.69 bits per heavy atom. The van der Waals surface area contributed by atoms with Gasteiger partial charge < -0.3 is 10.1 Å². The van der Waals surface area contributed by atoms with Crippen molar-refractivity contribution in [3.8, 4) is 34.2 Å². The third-order valence-electron chi connectivity index (χ3n) is 5.31. The molecule has 174 valence electrons. The Hall–Kier alpha value is -3.60. The number of nitrogens with one attached hydrogen (secondary N) is 1. The molecule has 0 aliphatic rings. The number of hydrogen-bond acceptors (Lipinski definition) is 5. The number of aromatic nitrogens is 1. The molecule has 1 aromatic heterocycles. The van der Waals surface area contributed by atoms with Crippen molar-refractivity contribution in [3.63, 3.8) is 0 Å². The summed E-state index contributed by atoms with van der Waals surface area (Å²) in [6.07, 6.45) is 0. The lowest BCUT2D eigenvalue weighted by atomic mass is 9.99. The van der Waals surface area contributed by atoms with Crippen LogP contribution in [0.5, 0.6) is 5.75 Å². The molecule has 0 saturated heterocycles. The Kier molecular flexibility index (Phi) is 7.86. The largest absolute Gasteiger partial charge is 0.497 e. The number of anilines is 1. The molecule has 4 rings (SSSR count). The molecule has 1 amide bonds. The van der Waals surface area contributed by atoms with Crippen molar-refractivity contribution in [2.75, 3.05) is 18.2 Å². The fourth-order valence-corrected chi connectivity index (χ4v) is 4.54. The maximum Gasteiger partial charge on any atom is 0.234 e. The van der Waals surface area contributed by atoms with Crippen LogP contribution >= 0.6 is 27.7 Å². The first-order valence-corrected chi connectivity index (χ1v) is 12.6. The molecule has 3 aromatic carbocycles. The molecule has 5 nitrogen and oxygen atoms in total. The fraction of sp³-hybridized carbons (Fsp3) is 0.107. The molecule has 35 heavy (non-hydrogen) atoms. The predicted molar refractivity (Wildman–Crippen MR) is 145 cm³/mol. The number of ether oxygens (including phenoxy) is 1. The number of nitriles is 1. The van der Waals surface area contributed by atoms with Crippen LogP contribution in [-0.2, 0) is 4.79 Å². The average molecular weight is 544 g/mol. The van der Waals surface area contributed by atoms with E-state index < -0.39 is 0 Å². The standard InChI is InChI=1S/C28H22BrN3O2S/c1-18-3-5-20(6-4-18)26-15-24(19-7-13-23(34-2)14-8-19)25(16-30)28(32-26)35-17-27(33)31-22-11-9-21(29)10-12-22/h3-15H,17H2,1-2H3,(H,31,33). The Labute approximate surface area is 217 Å². The first kappa shape index (κ1) is 24.5. The van der Waals surface area contributed by atoms with Crippen molar-refractivity contribution in [2.45, 2.75) is 11.9 Å². The van der Waals surface area contributed by atoms with Crippen LogP contribution in [-0.4, -0.2) is 23.8 Å². The van der Waals surface area contributed by atoms with E-state index in [0.717, 1.165) is 38.2 Å². The number of amides is 1. The van der Waals surface area contributed by atoms with Crippen molar-refractivity contribution in [1.29, 1.82) is 5.26 Å². The third-order valence-corrected chi connectivity index (χ3v) is 6.82. The maximum atomic E-state index is 12.6. The molecule has 0 saturated carbocycles. The summed E-state index contributed by atoms with van der Waals surface area (Å²) in [7, 11) is 1.62. The summed E-state index contributed by atoms with van der Waals surface area (Å²) in [5.74, 6) is 0.686. The molecule has 0 fully saturated rings. The van der Waals surface area contributed by atoms with Crippen molar-refractivity contribution in [2.24, 2.45) is 0 Å². The molecule has 0 radical (unpaired) electrons. The summed E-state index contributed by atoms with van der Waals surface area (Å²) >= 11 is 4.64. The zero-order chi connectivity index (χ0) is 24.8. The van der Waals surface area contributed by atoms with Gasteiger partial charge in [-0.25, -0.2) is 4.98 Å². The van der Waals surface area contributed by atoms with Gasteiger partial charge in [0.2, 0.25) is 5.91 Å². The minimum absolute atomic E-state index is 0.122. The Morgan fingerprint density at radius 1 is 1.03 bits per heavy atom. The Bertz CT molecular complexity index is 1380. The first-order valence-electron chi connectivity index (χ1n) is 10.8. The van der Waals surface area contributed by atoms with E-state index in [4.69, 9.17) is 9.72 Å². The van der Waals surface area contributed by atoms with Gasteiger partial charge in [-0.05, 0) is 55.0 Å². The summed E-state index contributed by atoms with van der Waals surface area (Å²) in [5.41, 5.74) is 5.61. The summed E-state index contributed by atoms with van der Waals surface area (Å²) < 4.78 is 6.22. The van der Waals surface area contributed by atoms with Gasteiger partial charge in [-0.1, -0.05) is 69.7 Å². The second kappa shape index (κ2) is 11.2. The molecule has 0 aliphatic carbocycles.